The minimum absolute atomic E-state index is 0.294. The van der Waals surface area contributed by atoms with Crippen molar-refractivity contribution in [1.82, 2.24) is 14.3 Å². The van der Waals surface area contributed by atoms with Crippen LogP contribution < -0.4 is 9.46 Å². The van der Waals surface area contributed by atoms with Gasteiger partial charge in [0.25, 0.3) is 10.0 Å². The van der Waals surface area contributed by atoms with E-state index in [1.807, 2.05) is 19.9 Å². The smallest absolute Gasteiger partial charge is 0.418 e. The van der Waals surface area contributed by atoms with Crippen LogP contribution in [0.5, 0.6) is 5.75 Å². The highest BCUT2D eigenvalue weighted by Crippen LogP contribution is 2.39. The molecule has 0 unspecified atom stereocenters. The Morgan fingerprint density at radius 1 is 1.10 bits per heavy atom. The standard InChI is InChI=1S/C27H23ClF3N3O5S2/c1-27(2,15-4-9-20(28)23(10-15)39-3)24-13-32-25(34(24)17-7-5-16(29)6-8-17)40-14-19-21(30)11-18(12-22(19)31)41(37,38)33-26(35)36/h4-13,33H,14H2,1-3H3,(H,35,36). The number of benzene rings is 3. The van der Waals surface area contributed by atoms with E-state index in [0.29, 0.717) is 39.4 Å². The zero-order chi connectivity index (χ0) is 30.1. The molecule has 0 spiro atoms. The molecule has 2 N–H and O–H groups in total. The molecule has 0 radical (unpaired) electrons. The van der Waals surface area contributed by atoms with Crippen LogP contribution in [-0.4, -0.2) is 36.3 Å². The lowest BCUT2D eigenvalue weighted by atomic mass is 9.81. The number of nitrogens with zero attached hydrogens (tertiary/aromatic N) is 2. The molecule has 4 rings (SSSR count). The van der Waals surface area contributed by atoms with Gasteiger partial charge in [0.05, 0.1) is 28.9 Å². The highest BCUT2D eigenvalue weighted by Gasteiger charge is 2.31. The summed E-state index contributed by atoms with van der Waals surface area (Å²) in [5.41, 5.74) is 0.876. The van der Waals surface area contributed by atoms with Crippen LogP contribution >= 0.6 is 23.4 Å². The molecule has 0 saturated heterocycles. The molecule has 14 heteroatoms. The number of imidazole rings is 1. The van der Waals surface area contributed by atoms with Gasteiger partial charge in [-0.1, -0.05) is 43.3 Å². The number of hydrogen-bond donors (Lipinski definition) is 2. The van der Waals surface area contributed by atoms with E-state index in [2.05, 4.69) is 4.98 Å². The van der Waals surface area contributed by atoms with Crippen LogP contribution in [0.25, 0.3) is 5.69 Å². The van der Waals surface area contributed by atoms with E-state index in [4.69, 9.17) is 21.4 Å². The highest BCUT2D eigenvalue weighted by atomic mass is 35.5. The molecule has 41 heavy (non-hydrogen) atoms. The van der Waals surface area contributed by atoms with Crippen LogP contribution in [-0.2, 0) is 21.2 Å². The molecule has 0 bridgehead atoms. The van der Waals surface area contributed by atoms with Crippen LogP contribution in [0.15, 0.2) is 70.8 Å². The lowest BCUT2D eigenvalue weighted by molar-refractivity contribution is 0.201. The molecule has 4 aromatic rings. The van der Waals surface area contributed by atoms with Crippen LogP contribution in [0, 0.1) is 17.5 Å². The summed E-state index contributed by atoms with van der Waals surface area (Å²) in [6, 6.07) is 12.0. The molecular formula is C27H23ClF3N3O5S2. The van der Waals surface area contributed by atoms with Crippen molar-refractivity contribution < 1.29 is 36.2 Å². The Balaban J connectivity index is 1.75. The first-order chi connectivity index (χ1) is 19.2. The van der Waals surface area contributed by atoms with E-state index in [1.54, 1.807) is 35.0 Å². The van der Waals surface area contributed by atoms with Gasteiger partial charge in [0.15, 0.2) is 5.16 Å². The number of methoxy groups -OCH3 is 1. The van der Waals surface area contributed by atoms with Crippen molar-refractivity contribution in [3.63, 3.8) is 0 Å². The Bertz CT molecular complexity index is 1710. The maximum absolute atomic E-state index is 14.9. The summed E-state index contributed by atoms with van der Waals surface area (Å²) in [4.78, 5) is 14.4. The summed E-state index contributed by atoms with van der Waals surface area (Å²) in [6.07, 6.45) is -0.291. The second kappa shape index (κ2) is 11.7. The van der Waals surface area contributed by atoms with Gasteiger partial charge < -0.3 is 9.84 Å². The number of carbonyl (C=O) groups is 1. The first-order valence-electron chi connectivity index (χ1n) is 11.8. The third kappa shape index (κ3) is 6.31. The van der Waals surface area contributed by atoms with Gasteiger partial charge in [-0.15, -0.1) is 0 Å². The zero-order valence-corrected chi connectivity index (χ0v) is 24.2. The Hall–Kier alpha value is -3.68. The van der Waals surface area contributed by atoms with E-state index in [1.165, 1.54) is 24.0 Å². The third-order valence-corrected chi connectivity index (χ3v) is 8.91. The first kappa shape index (κ1) is 30.3. The predicted molar refractivity (Wildman–Crippen MR) is 148 cm³/mol. The van der Waals surface area contributed by atoms with Crippen molar-refractivity contribution in [1.29, 1.82) is 0 Å². The number of carboxylic acid groups (broad SMARTS) is 1. The molecule has 216 valence electrons. The zero-order valence-electron chi connectivity index (χ0n) is 21.8. The summed E-state index contributed by atoms with van der Waals surface area (Å²) in [5, 5.41) is 9.45. The van der Waals surface area contributed by atoms with E-state index < -0.39 is 49.4 Å². The molecule has 1 aromatic heterocycles. The SMILES string of the molecule is COc1cc(C(C)(C)c2cnc(SCc3c(F)cc(S(=O)(=O)NC(=O)O)cc3F)n2-c2ccc(F)cc2)ccc1Cl. The molecule has 1 amide bonds. The summed E-state index contributed by atoms with van der Waals surface area (Å²) >= 11 is 7.18. The number of hydrogen-bond acceptors (Lipinski definition) is 6. The quantitative estimate of drug-likeness (QED) is 0.204. The van der Waals surface area contributed by atoms with Gasteiger partial charge in [-0.3, -0.25) is 4.57 Å². The average molecular weight is 626 g/mol. The number of sulfonamides is 1. The normalized spacial score (nSPS) is 11.9. The molecule has 8 nitrogen and oxygen atoms in total. The molecule has 0 atom stereocenters. The van der Waals surface area contributed by atoms with Crippen molar-refractivity contribution in [2.45, 2.75) is 35.1 Å². The van der Waals surface area contributed by atoms with Gasteiger partial charge in [-0.05, 0) is 54.1 Å². The minimum Gasteiger partial charge on any atom is -0.495 e. The molecule has 0 saturated carbocycles. The summed E-state index contributed by atoms with van der Waals surface area (Å²) in [5.74, 6) is -2.65. The number of aromatic nitrogens is 2. The molecular weight excluding hydrogens is 603 g/mol. The van der Waals surface area contributed by atoms with Gasteiger partial charge >= 0.3 is 6.09 Å². The van der Waals surface area contributed by atoms with Crippen molar-refractivity contribution in [2.24, 2.45) is 0 Å². The van der Waals surface area contributed by atoms with Crippen LogP contribution in [0.1, 0.15) is 30.7 Å². The Labute approximate surface area is 243 Å². The van der Waals surface area contributed by atoms with Crippen LogP contribution in [0.4, 0.5) is 18.0 Å². The van der Waals surface area contributed by atoms with Gasteiger partial charge in [0.1, 0.15) is 23.2 Å². The second-order valence-electron chi connectivity index (χ2n) is 9.28. The van der Waals surface area contributed by atoms with Crippen LogP contribution in [0.3, 0.4) is 0 Å². The fourth-order valence-corrected chi connectivity index (χ4v) is 6.17. The second-order valence-corrected chi connectivity index (χ2v) is 12.3. The first-order valence-corrected chi connectivity index (χ1v) is 14.6. The fourth-order valence-electron chi connectivity index (χ4n) is 4.10. The van der Waals surface area contributed by atoms with Gasteiger partial charge in [-0.25, -0.2) is 36.1 Å². The maximum atomic E-state index is 14.9. The minimum atomic E-state index is -4.68. The van der Waals surface area contributed by atoms with E-state index in [-0.39, 0.29) is 5.75 Å². The number of rotatable bonds is 9. The van der Waals surface area contributed by atoms with Crippen molar-refractivity contribution in [3.05, 3.63) is 100 Å². The number of thioether (sulfide) groups is 1. The van der Waals surface area contributed by atoms with Crippen molar-refractivity contribution in [2.75, 3.05) is 7.11 Å². The Kier molecular flexibility index (Phi) is 8.62. The Morgan fingerprint density at radius 3 is 2.32 bits per heavy atom. The largest absolute Gasteiger partial charge is 0.495 e. The lowest BCUT2D eigenvalue weighted by Gasteiger charge is -2.28. The number of amides is 1. The van der Waals surface area contributed by atoms with Crippen molar-refractivity contribution in [3.8, 4) is 11.4 Å². The number of nitrogens with one attached hydrogen (secondary N) is 1. The molecule has 3 aromatic carbocycles. The van der Waals surface area contributed by atoms with Gasteiger partial charge in [-0.2, -0.15) is 0 Å². The third-order valence-electron chi connectivity index (χ3n) is 6.32. The molecule has 1 heterocycles. The van der Waals surface area contributed by atoms with Crippen molar-refractivity contribution >= 4 is 39.5 Å². The molecule has 0 aliphatic heterocycles. The van der Waals surface area contributed by atoms with Gasteiger partial charge in [0, 0.05) is 22.4 Å². The lowest BCUT2D eigenvalue weighted by Crippen LogP contribution is -2.29. The average Bonchev–Trinajstić information content (AvgIpc) is 3.33. The summed E-state index contributed by atoms with van der Waals surface area (Å²) < 4.78 is 76.0. The highest BCUT2D eigenvalue weighted by molar-refractivity contribution is 7.98. The molecule has 0 aliphatic carbocycles. The summed E-state index contributed by atoms with van der Waals surface area (Å²) in [6.45, 7) is 3.87. The van der Waals surface area contributed by atoms with Crippen LogP contribution in [0.2, 0.25) is 5.02 Å². The Morgan fingerprint density at radius 2 is 1.73 bits per heavy atom. The van der Waals surface area contributed by atoms with E-state index in [9.17, 15) is 26.4 Å². The summed E-state index contributed by atoms with van der Waals surface area (Å²) in [7, 11) is -3.18. The molecule has 0 fully saturated rings. The topological polar surface area (TPSA) is 111 Å². The number of ether oxygens (including phenoxy) is 1. The fraction of sp³-hybridized carbons (Fsp3) is 0.185. The number of halogens is 4. The van der Waals surface area contributed by atoms with Gasteiger partial charge in [0.2, 0.25) is 0 Å². The molecule has 0 aliphatic rings. The monoisotopic (exact) mass is 625 g/mol. The van der Waals surface area contributed by atoms with E-state index in [0.717, 1.165) is 17.3 Å². The predicted octanol–water partition coefficient (Wildman–Crippen LogP) is 6.53. The maximum Gasteiger partial charge on any atom is 0.418 e. The van der Waals surface area contributed by atoms with E-state index >= 15 is 0 Å².